The van der Waals surface area contributed by atoms with Gasteiger partial charge in [0.05, 0.1) is 12.8 Å². The molecule has 0 spiro atoms. The van der Waals surface area contributed by atoms with Gasteiger partial charge >= 0.3 is 0 Å². The normalized spacial score (nSPS) is 16.6. The highest BCUT2D eigenvalue weighted by atomic mass is 32.2. The Morgan fingerprint density at radius 3 is 2.79 bits per heavy atom. The minimum atomic E-state index is 0.839. The van der Waals surface area contributed by atoms with Crippen molar-refractivity contribution in [2.75, 3.05) is 25.2 Å². The highest BCUT2D eigenvalue weighted by Gasteiger charge is 2.14. The van der Waals surface area contributed by atoms with Crippen molar-refractivity contribution in [2.45, 2.75) is 33.2 Å². The molecule has 1 aliphatic heterocycles. The molecular weight excluding hydrogens is 256 g/mol. The fourth-order valence-corrected chi connectivity index (χ4v) is 3.80. The van der Waals surface area contributed by atoms with Crippen LogP contribution in [0.3, 0.4) is 0 Å². The van der Waals surface area contributed by atoms with E-state index >= 15 is 0 Å². The molecule has 1 N–H and O–H groups in total. The van der Waals surface area contributed by atoms with E-state index in [0.29, 0.717) is 0 Å². The van der Waals surface area contributed by atoms with Crippen LogP contribution in [-0.4, -0.2) is 30.1 Å². The van der Waals surface area contributed by atoms with Crippen molar-refractivity contribution in [2.24, 2.45) is 5.92 Å². The van der Waals surface area contributed by atoms with Gasteiger partial charge in [-0.1, -0.05) is 0 Å². The summed E-state index contributed by atoms with van der Waals surface area (Å²) >= 11 is 2.08. The molecule has 0 atom stereocenters. The second-order valence-electron chi connectivity index (χ2n) is 5.23. The lowest BCUT2D eigenvalue weighted by Crippen LogP contribution is -2.26. The van der Waals surface area contributed by atoms with Crippen LogP contribution in [0.1, 0.15) is 29.7 Å². The topological polar surface area (TPSA) is 34.1 Å². The van der Waals surface area contributed by atoms with Gasteiger partial charge in [0.25, 0.3) is 0 Å². The number of methoxy groups -OCH3 is 1. The maximum absolute atomic E-state index is 5.44. The van der Waals surface area contributed by atoms with Gasteiger partial charge in [0.15, 0.2) is 0 Å². The van der Waals surface area contributed by atoms with Crippen LogP contribution in [-0.2, 0) is 6.54 Å². The van der Waals surface area contributed by atoms with Crippen LogP contribution in [0.15, 0.2) is 6.20 Å². The number of thioether (sulfide) groups is 1. The van der Waals surface area contributed by atoms with E-state index in [0.717, 1.165) is 41.6 Å². The summed E-state index contributed by atoms with van der Waals surface area (Å²) in [6, 6.07) is 0. The average Bonchev–Trinajstić information content (AvgIpc) is 2.43. The van der Waals surface area contributed by atoms with Crippen LogP contribution in [0.2, 0.25) is 0 Å². The zero-order valence-electron chi connectivity index (χ0n) is 12.2. The molecule has 0 aliphatic carbocycles. The van der Waals surface area contributed by atoms with Crippen LogP contribution in [0.25, 0.3) is 0 Å². The number of rotatable bonds is 5. The van der Waals surface area contributed by atoms with Crippen molar-refractivity contribution in [3.05, 3.63) is 23.0 Å². The molecule has 2 rings (SSSR count). The molecule has 1 fully saturated rings. The Bertz CT molecular complexity index is 417. The van der Waals surface area contributed by atoms with Crippen LogP contribution in [0.4, 0.5) is 0 Å². The number of ether oxygens (including phenoxy) is 1. The lowest BCUT2D eigenvalue weighted by Gasteiger charge is -2.21. The Morgan fingerprint density at radius 1 is 1.37 bits per heavy atom. The monoisotopic (exact) mass is 280 g/mol. The molecule has 19 heavy (non-hydrogen) atoms. The van der Waals surface area contributed by atoms with Gasteiger partial charge < -0.3 is 10.1 Å². The number of pyridine rings is 1. The molecule has 1 aliphatic rings. The fourth-order valence-electron chi connectivity index (χ4n) is 2.59. The number of hydrogen-bond donors (Lipinski definition) is 1. The summed E-state index contributed by atoms with van der Waals surface area (Å²) in [6.07, 6.45) is 4.60. The van der Waals surface area contributed by atoms with Gasteiger partial charge in [-0.15, -0.1) is 0 Å². The molecule has 0 unspecified atom stereocenters. The van der Waals surface area contributed by atoms with Gasteiger partial charge in [-0.2, -0.15) is 11.8 Å². The quantitative estimate of drug-likeness (QED) is 0.899. The van der Waals surface area contributed by atoms with Gasteiger partial charge in [0, 0.05) is 23.9 Å². The third kappa shape index (κ3) is 3.86. The SMILES string of the molecule is COc1c(C)cnc(CNCC2CCSCC2)c1C. The summed E-state index contributed by atoms with van der Waals surface area (Å²) in [5.74, 6) is 4.46. The molecule has 4 heteroatoms. The van der Waals surface area contributed by atoms with Gasteiger partial charge in [-0.25, -0.2) is 0 Å². The second-order valence-corrected chi connectivity index (χ2v) is 6.46. The van der Waals surface area contributed by atoms with Crippen LogP contribution < -0.4 is 10.1 Å². The van der Waals surface area contributed by atoms with E-state index in [1.54, 1.807) is 7.11 Å². The predicted octanol–water partition coefficient (Wildman–Crippen LogP) is 2.94. The highest BCUT2D eigenvalue weighted by molar-refractivity contribution is 7.99. The van der Waals surface area contributed by atoms with Crippen LogP contribution in [0.5, 0.6) is 5.75 Å². The lowest BCUT2D eigenvalue weighted by molar-refractivity contribution is 0.405. The first-order valence-corrected chi connectivity index (χ1v) is 8.15. The minimum absolute atomic E-state index is 0.839. The van der Waals surface area contributed by atoms with Crippen molar-refractivity contribution in [1.82, 2.24) is 10.3 Å². The first-order valence-electron chi connectivity index (χ1n) is 7.00. The Kier molecular flexibility index (Phi) is 5.52. The highest BCUT2D eigenvalue weighted by Crippen LogP contribution is 2.24. The molecular formula is C15H24N2OS. The third-order valence-electron chi connectivity index (χ3n) is 3.82. The Balaban J connectivity index is 1.88. The van der Waals surface area contributed by atoms with E-state index in [-0.39, 0.29) is 0 Å². The average molecular weight is 280 g/mol. The summed E-state index contributed by atoms with van der Waals surface area (Å²) in [6.45, 7) is 6.08. The number of hydrogen-bond acceptors (Lipinski definition) is 4. The molecule has 1 saturated heterocycles. The van der Waals surface area contributed by atoms with Gasteiger partial charge in [0.2, 0.25) is 0 Å². The Hall–Kier alpha value is -0.740. The smallest absolute Gasteiger partial charge is 0.128 e. The van der Waals surface area contributed by atoms with Crippen molar-refractivity contribution in [3.8, 4) is 5.75 Å². The summed E-state index contributed by atoms with van der Waals surface area (Å²) in [7, 11) is 1.73. The van der Waals surface area contributed by atoms with Gasteiger partial charge in [-0.05, 0) is 50.7 Å². The van der Waals surface area contributed by atoms with E-state index in [1.165, 1.54) is 24.3 Å². The predicted molar refractivity (Wildman–Crippen MR) is 82.0 cm³/mol. The number of nitrogens with zero attached hydrogens (tertiary/aromatic N) is 1. The van der Waals surface area contributed by atoms with Crippen molar-refractivity contribution in [3.63, 3.8) is 0 Å². The molecule has 0 radical (unpaired) electrons. The molecule has 0 amide bonds. The molecule has 0 saturated carbocycles. The first kappa shape index (κ1) is 14.7. The Morgan fingerprint density at radius 2 is 2.11 bits per heavy atom. The van der Waals surface area contributed by atoms with Gasteiger partial charge in [0.1, 0.15) is 5.75 Å². The van der Waals surface area contributed by atoms with Crippen molar-refractivity contribution < 1.29 is 4.74 Å². The van der Waals surface area contributed by atoms with E-state index in [2.05, 4.69) is 29.0 Å². The first-order chi connectivity index (χ1) is 9.22. The third-order valence-corrected chi connectivity index (χ3v) is 4.86. The maximum Gasteiger partial charge on any atom is 0.128 e. The maximum atomic E-state index is 5.44. The standard InChI is InChI=1S/C15H24N2OS/c1-11-8-17-14(12(2)15(11)18-3)10-16-9-13-4-6-19-7-5-13/h8,13,16H,4-7,9-10H2,1-3H3. The number of nitrogens with one attached hydrogen (secondary N) is 1. The zero-order valence-corrected chi connectivity index (χ0v) is 13.0. The largest absolute Gasteiger partial charge is 0.496 e. The summed E-state index contributed by atoms with van der Waals surface area (Å²) in [5.41, 5.74) is 3.37. The number of aryl methyl sites for hydroxylation is 1. The van der Waals surface area contributed by atoms with E-state index in [1.807, 2.05) is 13.1 Å². The summed E-state index contributed by atoms with van der Waals surface area (Å²) in [5, 5.41) is 3.56. The lowest BCUT2D eigenvalue weighted by atomic mass is 10.0. The number of aromatic nitrogens is 1. The Labute approximate surface area is 120 Å². The van der Waals surface area contributed by atoms with E-state index in [9.17, 15) is 0 Å². The molecule has 0 bridgehead atoms. The molecule has 106 valence electrons. The molecule has 2 heterocycles. The summed E-state index contributed by atoms with van der Waals surface area (Å²) in [4.78, 5) is 4.52. The van der Waals surface area contributed by atoms with Crippen LogP contribution in [0, 0.1) is 19.8 Å². The second kappa shape index (κ2) is 7.15. The molecule has 3 nitrogen and oxygen atoms in total. The molecule has 0 aromatic carbocycles. The summed E-state index contributed by atoms with van der Waals surface area (Å²) < 4.78 is 5.44. The van der Waals surface area contributed by atoms with Gasteiger partial charge in [-0.3, -0.25) is 4.98 Å². The molecule has 1 aromatic heterocycles. The minimum Gasteiger partial charge on any atom is -0.496 e. The zero-order chi connectivity index (χ0) is 13.7. The van der Waals surface area contributed by atoms with Crippen molar-refractivity contribution in [1.29, 1.82) is 0 Å². The van der Waals surface area contributed by atoms with E-state index in [4.69, 9.17) is 4.74 Å². The fraction of sp³-hybridized carbons (Fsp3) is 0.667. The molecule has 1 aromatic rings. The van der Waals surface area contributed by atoms with Crippen molar-refractivity contribution >= 4 is 11.8 Å². The van der Waals surface area contributed by atoms with E-state index < -0.39 is 0 Å². The van der Waals surface area contributed by atoms with Crippen LogP contribution >= 0.6 is 11.8 Å².